The molecular formula is C13H12F12O2. The number of ether oxygens (including phenoxy) is 1. The van der Waals surface area contributed by atoms with Gasteiger partial charge in [-0.25, -0.2) is 31.1 Å². The van der Waals surface area contributed by atoms with Crippen LogP contribution in [0.5, 0.6) is 0 Å². The summed E-state index contributed by atoms with van der Waals surface area (Å²) in [5.41, 5.74) is -8.77. The number of halogens is 12. The lowest BCUT2D eigenvalue weighted by Gasteiger charge is -2.60. The first-order chi connectivity index (χ1) is 11.0. The predicted molar refractivity (Wildman–Crippen MR) is 66.4 cm³/mol. The summed E-state index contributed by atoms with van der Waals surface area (Å²) in [6.07, 6.45) is -4.94. The van der Waals surface area contributed by atoms with Gasteiger partial charge in [0, 0.05) is 12.5 Å². The molecule has 27 heavy (non-hydrogen) atoms. The van der Waals surface area contributed by atoms with Crippen molar-refractivity contribution < 1.29 is 62.8 Å². The van der Waals surface area contributed by atoms with Crippen LogP contribution in [0.1, 0.15) is 12.8 Å². The van der Waals surface area contributed by atoms with E-state index >= 15 is 0 Å². The molecule has 3 atom stereocenters. The lowest BCUT2D eigenvalue weighted by molar-refractivity contribution is -0.437. The molecule has 2 nitrogen and oxygen atoms in total. The van der Waals surface area contributed by atoms with Gasteiger partial charge < -0.3 is 4.74 Å². The Hall–Kier alpha value is -1.63. The van der Waals surface area contributed by atoms with E-state index < -0.39 is 66.4 Å². The number of rotatable bonds is 3. The molecule has 0 spiro atoms. The van der Waals surface area contributed by atoms with E-state index in [9.17, 15) is 48.7 Å². The van der Waals surface area contributed by atoms with Gasteiger partial charge in [-0.3, -0.25) is 9.41 Å². The molecule has 2 aliphatic rings. The van der Waals surface area contributed by atoms with Gasteiger partial charge in [-0.05, 0) is 0 Å². The Kier molecular flexibility index (Phi) is 6.08. The van der Waals surface area contributed by atoms with Crippen LogP contribution < -0.4 is 0 Å². The Balaban J connectivity index is 0.00000338. The van der Waals surface area contributed by atoms with Crippen molar-refractivity contribution >= 4 is 5.97 Å². The molecule has 0 aliphatic heterocycles. The molecule has 0 N–H and O–H groups in total. The molecule has 0 amide bonds. The van der Waals surface area contributed by atoms with E-state index in [0.29, 0.717) is 0 Å². The summed E-state index contributed by atoms with van der Waals surface area (Å²) in [5.74, 6) is -29.7. The van der Waals surface area contributed by atoms with Crippen molar-refractivity contribution in [3.8, 4) is 0 Å². The zero-order valence-corrected chi connectivity index (χ0v) is 12.9. The zero-order chi connectivity index (χ0) is 19.7. The molecular weight excluding hydrogens is 416 g/mol. The van der Waals surface area contributed by atoms with E-state index in [4.69, 9.17) is 0 Å². The number of fused-ring (bicyclic) bond motifs is 2. The quantitative estimate of drug-likeness (QED) is 0.379. The highest BCUT2D eigenvalue weighted by atomic mass is 19.3. The van der Waals surface area contributed by atoms with Gasteiger partial charge in [-0.2, -0.15) is 17.6 Å². The Morgan fingerprint density at radius 3 is 1.81 bits per heavy atom. The van der Waals surface area contributed by atoms with Crippen LogP contribution in [-0.2, 0) is 9.53 Å². The van der Waals surface area contributed by atoms with Gasteiger partial charge in [-0.1, -0.05) is 6.58 Å². The second-order valence-electron chi connectivity index (χ2n) is 6.08. The molecule has 0 aromatic rings. The highest BCUT2D eigenvalue weighted by Gasteiger charge is 2.92. The van der Waals surface area contributed by atoms with Crippen molar-refractivity contribution in [2.24, 2.45) is 5.92 Å². The summed E-state index contributed by atoms with van der Waals surface area (Å²) in [6.45, 7) is 0.0208. The number of carbonyl (C=O) groups excluding carboxylic acids is 1. The number of hydrogen-bond acceptors (Lipinski definition) is 2. The van der Waals surface area contributed by atoms with Crippen LogP contribution >= 0.6 is 0 Å². The molecule has 0 heterocycles. The summed E-state index contributed by atoms with van der Waals surface area (Å²) in [4.78, 5) is 11.2. The third kappa shape index (κ3) is 2.85. The Labute approximate surface area is 143 Å². The standard InChI is InChI=1S/C13H10F10O2.2FH/c1-2-6(24)25-9-3-8(15,5-14)11(18,19)7(12(9,20)21)13(22,23)10(16,17)4-9;;/h2,7H,1,3-5H2;2*1H. The van der Waals surface area contributed by atoms with Crippen molar-refractivity contribution in [3.63, 3.8) is 0 Å². The number of alkyl halides is 10. The first-order valence-corrected chi connectivity index (χ1v) is 6.66. The fourth-order valence-electron chi connectivity index (χ4n) is 3.27. The number of carbonyl (C=O) groups is 1. The largest absolute Gasteiger partial charge is 0.449 e. The monoisotopic (exact) mass is 428 g/mol. The minimum Gasteiger partial charge on any atom is -0.449 e. The van der Waals surface area contributed by atoms with Crippen LogP contribution in [0.25, 0.3) is 0 Å². The molecule has 2 fully saturated rings. The normalized spacial score (nSPS) is 37.2. The van der Waals surface area contributed by atoms with Crippen LogP contribution in [0.4, 0.5) is 53.3 Å². The number of esters is 1. The van der Waals surface area contributed by atoms with Crippen LogP contribution in [0, 0.1) is 5.92 Å². The maximum Gasteiger partial charge on any atom is 0.330 e. The van der Waals surface area contributed by atoms with Gasteiger partial charge in [0.15, 0.2) is 11.5 Å². The molecule has 3 unspecified atom stereocenters. The number of hydrogen-bond donors (Lipinski definition) is 0. The third-order valence-corrected chi connectivity index (χ3v) is 4.53. The molecule has 0 aromatic carbocycles. The van der Waals surface area contributed by atoms with Gasteiger partial charge in [0.2, 0.25) is 5.67 Å². The molecule has 2 bridgehead atoms. The van der Waals surface area contributed by atoms with Crippen LogP contribution in [0.3, 0.4) is 0 Å². The van der Waals surface area contributed by atoms with Gasteiger partial charge in [0.25, 0.3) is 5.92 Å². The molecule has 0 radical (unpaired) electrons. The minimum absolute atomic E-state index is 0. The maximum absolute atomic E-state index is 14.4. The Bertz CT molecular complexity index is 606. The van der Waals surface area contributed by atoms with E-state index in [1.165, 1.54) is 0 Å². The summed E-state index contributed by atoms with van der Waals surface area (Å²) < 4.78 is 143. The van der Waals surface area contributed by atoms with Crippen molar-refractivity contribution in [2.75, 3.05) is 6.67 Å². The van der Waals surface area contributed by atoms with Gasteiger partial charge in [-0.15, -0.1) is 0 Å². The summed E-state index contributed by atoms with van der Waals surface area (Å²) >= 11 is 0. The van der Waals surface area contributed by atoms with Gasteiger partial charge in [0.1, 0.15) is 6.67 Å². The molecule has 0 aromatic heterocycles. The molecule has 2 saturated carbocycles. The maximum atomic E-state index is 14.4. The topological polar surface area (TPSA) is 26.3 Å². The van der Waals surface area contributed by atoms with Crippen molar-refractivity contribution in [3.05, 3.63) is 12.7 Å². The van der Waals surface area contributed by atoms with Crippen LogP contribution in [0.2, 0.25) is 0 Å². The summed E-state index contributed by atoms with van der Waals surface area (Å²) in [5, 5.41) is 0. The average Bonchev–Trinajstić information content (AvgIpc) is 2.42. The van der Waals surface area contributed by atoms with E-state index in [2.05, 4.69) is 11.3 Å². The Morgan fingerprint density at radius 2 is 1.41 bits per heavy atom. The second kappa shape index (κ2) is 6.47. The van der Waals surface area contributed by atoms with E-state index in [1.54, 1.807) is 0 Å². The first-order valence-electron chi connectivity index (χ1n) is 6.66. The van der Waals surface area contributed by atoms with E-state index in [0.717, 1.165) is 0 Å². The average molecular weight is 428 g/mol. The molecule has 14 heteroatoms. The van der Waals surface area contributed by atoms with Crippen molar-refractivity contribution in [1.82, 2.24) is 0 Å². The zero-order valence-electron chi connectivity index (χ0n) is 12.9. The molecule has 160 valence electrons. The molecule has 2 rings (SSSR count). The lowest BCUT2D eigenvalue weighted by atomic mass is 9.57. The van der Waals surface area contributed by atoms with Gasteiger partial charge >= 0.3 is 23.7 Å². The first kappa shape index (κ1) is 25.4. The molecule has 0 saturated heterocycles. The summed E-state index contributed by atoms with van der Waals surface area (Å²) in [7, 11) is 0. The minimum atomic E-state index is -6.10. The third-order valence-electron chi connectivity index (χ3n) is 4.53. The van der Waals surface area contributed by atoms with Crippen LogP contribution in [0.15, 0.2) is 12.7 Å². The highest BCUT2D eigenvalue weighted by Crippen LogP contribution is 2.70. The SMILES string of the molecule is C=CC(=O)OC12CC(F)(F)C(F)(F)C(C(F)(F)C(F)(CF)C1)C2(F)F.F.F. The Morgan fingerprint density at radius 1 is 0.926 bits per heavy atom. The van der Waals surface area contributed by atoms with E-state index in [-0.39, 0.29) is 15.5 Å². The fraction of sp³-hybridized carbons (Fsp3) is 0.769. The smallest absolute Gasteiger partial charge is 0.330 e. The van der Waals surface area contributed by atoms with Crippen molar-refractivity contribution in [2.45, 2.75) is 47.8 Å². The second-order valence-corrected chi connectivity index (χ2v) is 6.08. The summed E-state index contributed by atoms with van der Waals surface area (Å²) in [6, 6.07) is 0. The van der Waals surface area contributed by atoms with Crippen LogP contribution in [-0.4, -0.2) is 47.6 Å². The lowest BCUT2D eigenvalue weighted by Crippen LogP contribution is -2.81. The van der Waals surface area contributed by atoms with E-state index in [1.807, 2.05) is 0 Å². The molecule has 2 aliphatic carbocycles. The highest BCUT2D eigenvalue weighted by molar-refractivity contribution is 5.81. The van der Waals surface area contributed by atoms with Gasteiger partial charge in [0.05, 0.1) is 6.42 Å². The predicted octanol–water partition coefficient (Wildman–Crippen LogP) is 4.40. The van der Waals surface area contributed by atoms with Crippen molar-refractivity contribution in [1.29, 1.82) is 0 Å². The fourth-order valence-corrected chi connectivity index (χ4v) is 3.27.